The van der Waals surface area contributed by atoms with Gasteiger partial charge in [0.05, 0.1) is 17.2 Å². The van der Waals surface area contributed by atoms with Gasteiger partial charge in [-0.3, -0.25) is 4.79 Å². The summed E-state index contributed by atoms with van der Waals surface area (Å²) in [5, 5.41) is 0. The Balaban J connectivity index is 1.31. The lowest BCUT2D eigenvalue weighted by molar-refractivity contribution is 0.0709. The Morgan fingerprint density at radius 2 is 1.92 bits per heavy atom. The molecule has 0 spiro atoms. The fraction of sp³-hybridized carbons (Fsp3) is 0.414. The van der Waals surface area contributed by atoms with Crippen molar-refractivity contribution in [2.75, 3.05) is 13.1 Å². The predicted molar refractivity (Wildman–Crippen MR) is 142 cm³/mol. The molecule has 2 aromatic carbocycles. The summed E-state index contributed by atoms with van der Waals surface area (Å²) in [5.74, 6) is 2.78. The maximum Gasteiger partial charge on any atom is 0.253 e. The van der Waals surface area contributed by atoms with Crippen molar-refractivity contribution >= 4 is 16.9 Å². The Morgan fingerprint density at radius 1 is 1.08 bits per heavy atom. The summed E-state index contributed by atoms with van der Waals surface area (Å²) in [7, 11) is 2.05. The summed E-state index contributed by atoms with van der Waals surface area (Å²) in [6.07, 6.45) is 8.35. The Hall–Kier alpha value is -3.45. The average molecular weight is 483 g/mol. The topological polar surface area (TPSA) is 82.0 Å². The van der Waals surface area contributed by atoms with Crippen LogP contribution in [-0.4, -0.2) is 49.0 Å². The first kappa shape index (κ1) is 23.0. The summed E-state index contributed by atoms with van der Waals surface area (Å²) in [5.41, 5.74) is 11.0. The molecule has 186 valence electrons. The number of piperidine rings is 1. The van der Waals surface area contributed by atoms with Crippen LogP contribution in [0.3, 0.4) is 0 Å². The van der Waals surface area contributed by atoms with Gasteiger partial charge in [0.1, 0.15) is 11.5 Å². The van der Waals surface area contributed by atoms with Gasteiger partial charge in [0, 0.05) is 44.7 Å². The number of benzene rings is 2. The highest BCUT2D eigenvalue weighted by Crippen LogP contribution is 2.34. The monoisotopic (exact) mass is 482 g/mol. The van der Waals surface area contributed by atoms with Gasteiger partial charge < -0.3 is 19.8 Å². The molecular formula is C29H34N6O. The molecule has 0 unspecified atom stereocenters. The smallest absolute Gasteiger partial charge is 0.253 e. The van der Waals surface area contributed by atoms with E-state index in [0.717, 1.165) is 73.1 Å². The third kappa shape index (κ3) is 4.55. The second-order valence-electron chi connectivity index (χ2n) is 10.5. The fourth-order valence-corrected chi connectivity index (χ4v) is 5.39. The van der Waals surface area contributed by atoms with E-state index in [0.29, 0.717) is 12.1 Å². The number of carbonyl (C=O) groups is 1. The fourth-order valence-electron chi connectivity index (χ4n) is 5.39. The zero-order valence-electron chi connectivity index (χ0n) is 20.9. The number of carbonyl (C=O) groups excluding carboxylic acids is 1. The van der Waals surface area contributed by atoms with Crippen molar-refractivity contribution in [1.82, 2.24) is 24.0 Å². The molecule has 0 bridgehead atoms. The van der Waals surface area contributed by atoms with E-state index in [4.69, 9.17) is 15.7 Å². The predicted octanol–water partition coefficient (Wildman–Crippen LogP) is 4.20. The maximum absolute atomic E-state index is 13.1. The third-order valence-electron chi connectivity index (χ3n) is 7.66. The van der Waals surface area contributed by atoms with Crippen LogP contribution in [0.4, 0.5) is 0 Å². The molecule has 1 aliphatic carbocycles. The van der Waals surface area contributed by atoms with E-state index in [2.05, 4.69) is 39.5 Å². The number of imidazole rings is 2. The lowest BCUT2D eigenvalue weighted by Crippen LogP contribution is -2.45. The number of amides is 1. The van der Waals surface area contributed by atoms with Crippen molar-refractivity contribution < 1.29 is 4.79 Å². The second-order valence-corrected chi connectivity index (χ2v) is 10.5. The molecule has 2 N–H and O–H groups in total. The highest BCUT2D eigenvalue weighted by molar-refractivity contribution is 5.98. The molecule has 7 nitrogen and oxygen atoms in total. The molecule has 1 amide bonds. The number of likely N-dealkylation sites (tertiary alicyclic amines) is 1. The van der Waals surface area contributed by atoms with Crippen molar-refractivity contribution in [1.29, 1.82) is 0 Å². The molecule has 7 heteroatoms. The van der Waals surface area contributed by atoms with Crippen LogP contribution < -0.4 is 5.73 Å². The van der Waals surface area contributed by atoms with Crippen LogP contribution in [0.5, 0.6) is 0 Å². The van der Waals surface area contributed by atoms with Crippen LogP contribution in [0.25, 0.3) is 22.6 Å². The van der Waals surface area contributed by atoms with E-state index in [1.54, 1.807) is 0 Å². The van der Waals surface area contributed by atoms with Crippen LogP contribution in [0.2, 0.25) is 0 Å². The van der Waals surface area contributed by atoms with Crippen LogP contribution >= 0.6 is 0 Å². The van der Waals surface area contributed by atoms with E-state index >= 15 is 0 Å². The number of rotatable bonds is 7. The molecule has 2 fully saturated rings. The highest BCUT2D eigenvalue weighted by atomic mass is 16.2. The summed E-state index contributed by atoms with van der Waals surface area (Å²) in [6.45, 7) is 2.38. The minimum Gasteiger partial charge on any atom is -0.337 e. The van der Waals surface area contributed by atoms with E-state index in [1.165, 1.54) is 18.4 Å². The molecule has 1 saturated heterocycles. The third-order valence-corrected chi connectivity index (χ3v) is 7.66. The minimum absolute atomic E-state index is 0.0428. The molecule has 1 atom stereocenters. The Labute approximate surface area is 211 Å². The van der Waals surface area contributed by atoms with Gasteiger partial charge in [0.25, 0.3) is 5.91 Å². The first-order valence-corrected chi connectivity index (χ1v) is 13.2. The normalized spacial score (nSPS) is 18.2. The first-order valence-electron chi connectivity index (χ1n) is 13.2. The minimum atomic E-state index is 0.0428. The van der Waals surface area contributed by atoms with E-state index < -0.39 is 0 Å². The molecule has 2 aromatic heterocycles. The van der Waals surface area contributed by atoms with Gasteiger partial charge in [-0.25, -0.2) is 9.97 Å². The van der Waals surface area contributed by atoms with Crippen molar-refractivity contribution in [2.24, 2.45) is 18.7 Å². The molecule has 1 saturated carbocycles. The van der Waals surface area contributed by atoms with Gasteiger partial charge in [0.2, 0.25) is 0 Å². The zero-order valence-corrected chi connectivity index (χ0v) is 20.9. The SMILES string of the molecule is Cn1c(-c2cnc(CCc3ccccc3)n2CC2CC2)nc2cc(C(=O)N3CCC[C@@H](N)C3)ccc21. The number of nitrogens with two attached hydrogens (primary N) is 1. The number of hydrogen-bond donors (Lipinski definition) is 1. The summed E-state index contributed by atoms with van der Waals surface area (Å²) >= 11 is 0. The standard InChI is InChI=1S/C29H34N6O/c1-33-25-13-12-22(29(36)34-15-5-8-23(30)19-34)16-24(25)32-28(33)26-17-31-27(35(26)18-21-9-10-21)14-11-20-6-3-2-4-7-20/h2-4,6-7,12-13,16-17,21,23H,5,8-11,14-15,18-19,30H2,1H3/t23-/m1/s1. The van der Waals surface area contributed by atoms with Crippen molar-refractivity contribution in [3.63, 3.8) is 0 Å². The van der Waals surface area contributed by atoms with Crippen LogP contribution in [0, 0.1) is 5.92 Å². The zero-order chi connectivity index (χ0) is 24.6. The Morgan fingerprint density at radius 3 is 2.69 bits per heavy atom. The molecule has 0 radical (unpaired) electrons. The van der Waals surface area contributed by atoms with Crippen LogP contribution in [0.15, 0.2) is 54.7 Å². The largest absolute Gasteiger partial charge is 0.337 e. The maximum atomic E-state index is 13.1. The van der Waals surface area contributed by atoms with Gasteiger partial charge in [-0.05, 0) is 61.8 Å². The number of nitrogens with zero attached hydrogens (tertiary/aromatic N) is 5. The lowest BCUT2D eigenvalue weighted by Gasteiger charge is -2.30. The lowest BCUT2D eigenvalue weighted by atomic mass is 10.1. The van der Waals surface area contributed by atoms with Gasteiger partial charge in [0.15, 0.2) is 5.82 Å². The molecule has 1 aliphatic heterocycles. The Kier molecular flexibility index (Phi) is 6.09. The van der Waals surface area contributed by atoms with Gasteiger partial charge in [-0.1, -0.05) is 30.3 Å². The van der Waals surface area contributed by atoms with Gasteiger partial charge in [-0.2, -0.15) is 0 Å². The second kappa shape index (κ2) is 9.54. The molecule has 36 heavy (non-hydrogen) atoms. The average Bonchev–Trinajstić information content (AvgIpc) is 3.55. The molecular weight excluding hydrogens is 448 g/mol. The van der Waals surface area contributed by atoms with Crippen LogP contribution in [-0.2, 0) is 26.4 Å². The van der Waals surface area contributed by atoms with E-state index in [1.807, 2.05) is 36.3 Å². The first-order chi connectivity index (χ1) is 17.6. The van der Waals surface area contributed by atoms with Crippen LogP contribution in [0.1, 0.15) is 47.4 Å². The number of fused-ring (bicyclic) bond motifs is 1. The molecule has 2 aliphatic rings. The van der Waals surface area contributed by atoms with Crippen molar-refractivity contribution in [3.8, 4) is 11.5 Å². The van der Waals surface area contributed by atoms with Gasteiger partial charge >= 0.3 is 0 Å². The summed E-state index contributed by atoms with van der Waals surface area (Å²) < 4.78 is 4.50. The van der Waals surface area contributed by atoms with Crippen molar-refractivity contribution in [2.45, 2.75) is 51.1 Å². The number of aromatic nitrogens is 4. The molecule has 3 heterocycles. The molecule has 4 aromatic rings. The summed E-state index contributed by atoms with van der Waals surface area (Å²) in [4.78, 5) is 24.9. The summed E-state index contributed by atoms with van der Waals surface area (Å²) in [6, 6.07) is 16.5. The number of aryl methyl sites for hydroxylation is 3. The van der Waals surface area contributed by atoms with Gasteiger partial charge in [-0.15, -0.1) is 0 Å². The van der Waals surface area contributed by atoms with Crippen molar-refractivity contribution in [3.05, 3.63) is 71.7 Å². The quantitative estimate of drug-likeness (QED) is 0.428. The number of hydrogen-bond acceptors (Lipinski definition) is 4. The Bertz CT molecular complexity index is 1380. The van der Waals surface area contributed by atoms with E-state index in [9.17, 15) is 4.79 Å². The highest BCUT2D eigenvalue weighted by Gasteiger charge is 2.27. The molecule has 6 rings (SSSR count). The van der Waals surface area contributed by atoms with E-state index in [-0.39, 0.29) is 11.9 Å².